The molecule has 28 heavy (non-hydrogen) atoms. The van der Waals surface area contributed by atoms with Gasteiger partial charge in [-0.2, -0.15) is 0 Å². The summed E-state index contributed by atoms with van der Waals surface area (Å²) in [6.45, 7) is 9.27. The number of sulfonamides is 1. The number of nitrogens with one attached hydrogen (secondary N) is 1. The predicted octanol–water partition coefficient (Wildman–Crippen LogP) is 3.50. The number of hydrogen-bond donors (Lipinski definition) is 1. The maximum Gasteiger partial charge on any atom is 0.264 e. The molecule has 0 aliphatic carbocycles. The van der Waals surface area contributed by atoms with Gasteiger partial charge in [0, 0.05) is 5.54 Å². The summed E-state index contributed by atoms with van der Waals surface area (Å²) in [6.07, 6.45) is 0. The molecular weight excluding hydrogens is 376 g/mol. The molecule has 7 heteroatoms. The summed E-state index contributed by atoms with van der Waals surface area (Å²) in [5.41, 5.74) is 0.801. The quantitative estimate of drug-likeness (QED) is 0.766. The first-order valence-electron chi connectivity index (χ1n) is 9.17. The van der Waals surface area contributed by atoms with Crippen LogP contribution in [0.25, 0.3) is 0 Å². The Morgan fingerprint density at radius 3 is 2.25 bits per heavy atom. The summed E-state index contributed by atoms with van der Waals surface area (Å²) in [5.74, 6) is 0.0127. The molecule has 0 atom stereocenters. The van der Waals surface area contributed by atoms with E-state index in [4.69, 9.17) is 4.74 Å². The number of aryl methyl sites for hydroxylation is 1. The van der Waals surface area contributed by atoms with Crippen LogP contribution in [0.1, 0.15) is 33.3 Å². The van der Waals surface area contributed by atoms with Gasteiger partial charge in [0.1, 0.15) is 12.3 Å². The lowest BCUT2D eigenvalue weighted by Gasteiger charge is -2.28. The van der Waals surface area contributed by atoms with Crippen molar-refractivity contribution in [1.82, 2.24) is 5.32 Å². The Hall–Kier alpha value is -2.54. The molecule has 0 unspecified atom stereocenters. The van der Waals surface area contributed by atoms with Gasteiger partial charge in [0.05, 0.1) is 17.2 Å². The topological polar surface area (TPSA) is 75.7 Å². The van der Waals surface area contributed by atoms with Crippen LogP contribution in [-0.4, -0.2) is 33.0 Å². The highest BCUT2D eigenvalue weighted by Crippen LogP contribution is 2.32. The maximum absolute atomic E-state index is 13.4. The van der Waals surface area contributed by atoms with Crippen molar-refractivity contribution in [1.29, 1.82) is 0 Å². The summed E-state index contributed by atoms with van der Waals surface area (Å²) in [4.78, 5) is 12.7. The first-order valence-corrected chi connectivity index (χ1v) is 10.6. The molecule has 0 fully saturated rings. The fraction of sp³-hybridized carbons (Fsp3) is 0.381. The molecule has 0 aliphatic heterocycles. The number of anilines is 1. The van der Waals surface area contributed by atoms with Crippen LogP contribution in [-0.2, 0) is 14.8 Å². The molecular formula is C21H28N2O4S. The zero-order chi connectivity index (χ0) is 20.9. The minimum absolute atomic E-state index is 0.118. The molecule has 152 valence electrons. The molecule has 0 saturated carbocycles. The molecule has 2 rings (SSSR count). The van der Waals surface area contributed by atoms with Crippen molar-refractivity contribution in [3.8, 4) is 5.75 Å². The number of hydrogen-bond acceptors (Lipinski definition) is 4. The molecule has 0 heterocycles. The molecule has 1 amide bonds. The minimum atomic E-state index is -3.97. The third-order valence-corrected chi connectivity index (χ3v) is 5.62. The van der Waals surface area contributed by atoms with E-state index < -0.39 is 21.5 Å². The van der Waals surface area contributed by atoms with Crippen molar-refractivity contribution >= 4 is 21.6 Å². The highest BCUT2D eigenvalue weighted by Gasteiger charge is 2.30. The van der Waals surface area contributed by atoms with Crippen molar-refractivity contribution in [2.75, 3.05) is 17.5 Å². The molecule has 2 aromatic rings. The second kappa shape index (κ2) is 8.65. The van der Waals surface area contributed by atoms with Crippen LogP contribution in [0.2, 0.25) is 0 Å². The van der Waals surface area contributed by atoms with Crippen LogP contribution < -0.4 is 14.4 Å². The standard InChI is InChI=1S/C21H28N2O4S/c1-6-27-19-10-8-7-9-18(19)23(15-20(24)22-21(3,4)5)28(25,26)17-13-11-16(2)12-14-17/h7-14H,6,15H2,1-5H3,(H,22,24). The molecule has 0 saturated heterocycles. The third kappa shape index (κ3) is 5.48. The van der Waals surface area contributed by atoms with Crippen LogP contribution in [0.3, 0.4) is 0 Å². The Labute approximate surface area is 167 Å². The van der Waals surface area contributed by atoms with Gasteiger partial charge in [0.15, 0.2) is 0 Å². The van der Waals surface area contributed by atoms with Gasteiger partial charge in [-0.25, -0.2) is 8.42 Å². The van der Waals surface area contributed by atoms with Crippen molar-refractivity contribution in [2.45, 2.75) is 45.1 Å². The molecule has 2 aromatic carbocycles. The maximum atomic E-state index is 13.4. The van der Waals surface area contributed by atoms with Crippen LogP contribution in [0.4, 0.5) is 5.69 Å². The second-order valence-electron chi connectivity index (χ2n) is 7.52. The van der Waals surface area contributed by atoms with E-state index in [-0.39, 0.29) is 11.4 Å². The summed E-state index contributed by atoms with van der Waals surface area (Å²) in [6, 6.07) is 13.4. The van der Waals surface area contributed by atoms with Gasteiger partial charge in [-0.3, -0.25) is 9.10 Å². The Kier molecular flexibility index (Phi) is 6.72. The zero-order valence-electron chi connectivity index (χ0n) is 17.0. The fourth-order valence-electron chi connectivity index (χ4n) is 2.67. The number of rotatable bonds is 7. The van der Waals surface area contributed by atoms with E-state index in [0.717, 1.165) is 9.87 Å². The lowest BCUT2D eigenvalue weighted by Crippen LogP contribution is -2.47. The van der Waals surface area contributed by atoms with E-state index >= 15 is 0 Å². The van der Waals surface area contributed by atoms with Gasteiger partial charge in [-0.15, -0.1) is 0 Å². The number of carbonyl (C=O) groups is 1. The first-order chi connectivity index (χ1) is 13.0. The number of nitrogens with zero attached hydrogens (tertiary/aromatic N) is 1. The van der Waals surface area contributed by atoms with E-state index in [1.165, 1.54) is 0 Å². The summed E-state index contributed by atoms with van der Waals surface area (Å²) in [5, 5.41) is 2.82. The fourth-order valence-corrected chi connectivity index (χ4v) is 4.10. The highest BCUT2D eigenvalue weighted by atomic mass is 32.2. The van der Waals surface area contributed by atoms with E-state index in [2.05, 4.69) is 5.32 Å². The Bertz CT molecular complexity index is 916. The molecule has 0 aromatic heterocycles. The van der Waals surface area contributed by atoms with Crippen molar-refractivity contribution in [2.24, 2.45) is 0 Å². The van der Waals surface area contributed by atoms with Crippen molar-refractivity contribution < 1.29 is 17.9 Å². The third-order valence-electron chi connectivity index (χ3n) is 3.84. The molecule has 0 aliphatic rings. The van der Waals surface area contributed by atoms with Gasteiger partial charge in [-0.05, 0) is 58.9 Å². The van der Waals surface area contributed by atoms with Gasteiger partial charge < -0.3 is 10.1 Å². The van der Waals surface area contributed by atoms with Crippen molar-refractivity contribution in [3.63, 3.8) is 0 Å². The van der Waals surface area contributed by atoms with E-state index in [9.17, 15) is 13.2 Å². The Balaban J connectivity index is 2.53. The second-order valence-corrected chi connectivity index (χ2v) is 9.39. The van der Waals surface area contributed by atoms with Crippen LogP contribution >= 0.6 is 0 Å². The average molecular weight is 405 g/mol. The van der Waals surface area contributed by atoms with Gasteiger partial charge in [0.2, 0.25) is 5.91 Å². The van der Waals surface area contributed by atoms with Gasteiger partial charge >= 0.3 is 0 Å². The van der Waals surface area contributed by atoms with Gasteiger partial charge in [0.25, 0.3) is 10.0 Å². The van der Waals surface area contributed by atoms with E-state index in [0.29, 0.717) is 18.0 Å². The number of benzene rings is 2. The molecule has 6 nitrogen and oxygen atoms in total. The minimum Gasteiger partial charge on any atom is -0.492 e. The largest absolute Gasteiger partial charge is 0.492 e. The smallest absolute Gasteiger partial charge is 0.264 e. The molecule has 0 radical (unpaired) electrons. The molecule has 1 N–H and O–H groups in total. The lowest BCUT2D eigenvalue weighted by molar-refractivity contribution is -0.121. The van der Waals surface area contributed by atoms with Crippen molar-refractivity contribution in [3.05, 3.63) is 54.1 Å². The van der Waals surface area contributed by atoms with E-state index in [1.54, 1.807) is 48.5 Å². The Morgan fingerprint density at radius 1 is 1.07 bits per heavy atom. The van der Waals surface area contributed by atoms with Crippen LogP contribution in [0.15, 0.2) is 53.4 Å². The SMILES string of the molecule is CCOc1ccccc1N(CC(=O)NC(C)(C)C)S(=O)(=O)c1ccc(C)cc1. The van der Waals surface area contributed by atoms with Crippen LogP contribution in [0.5, 0.6) is 5.75 Å². The summed E-state index contributed by atoms with van der Waals surface area (Å²) in [7, 11) is -3.97. The lowest BCUT2D eigenvalue weighted by atomic mass is 10.1. The zero-order valence-corrected chi connectivity index (χ0v) is 17.8. The number of para-hydroxylation sites is 2. The van der Waals surface area contributed by atoms with E-state index in [1.807, 2.05) is 34.6 Å². The first kappa shape index (κ1) is 21.8. The summed E-state index contributed by atoms with van der Waals surface area (Å²) < 4.78 is 33.5. The number of ether oxygens (including phenoxy) is 1. The molecule has 0 spiro atoms. The Morgan fingerprint density at radius 2 is 1.68 bits per heavy atom. The molecule has 0 bridgehead atoms. The monoisotopic (exact) mass is 404 g/mol. The average Bonchev–Trinajstić information content (AvgIpc) is 2.59. The van der Waals surface area contributed by atoms with Crippen LogP contribution in [0, 0.1) is 6.92 Å². The number of amides is 1. The summed E-state index contributed by atoms with van der Waals surface area (Å²) >= 11 is 0. The predicted molar refractivity (Wildman–Crippen MR) is 111 cm³/mol. The number of carbonyl (C=O) groups excluding carboxylic acids is 1. The normalized spacial score (nSPS) is 11.8. The van der Waals surface area contributed by atoms with Gasteiger partial charge in [-0.1, -0.05) is 29.8 Å². The highest BCUT2D eigenvalue weighted by molar-refractivity contribution is 7.92.